The number of hydrogen-bond acceptors (Lipinski definition) is 11. The summed E-state index contributed by atoms with van der Waals surface area (Å²) in [6, 6.07) is 1.13. The summed E-state index contributed by atoms with van der Waals surface area (Å²) in [7, 11) is -4.25. The Morgan fingerprint density at radius 1 is 1.37 bits per heavy atom. The van der Waals surface area contributed by atoms with Gasteiger partial charge in [0, 0.05) is 19.2 Å². The fourth-order valence-electron chi connectivity index (χ4n) is 3.77. The molecule has 1 N–H and O–H groups in total. The molecular weight excluding hydrogens is 487 g/mol. The third kappa shape index (κ3) is 6.09. The third-order valence-electron chi connectivity index (χ3n) is 5.31. The number of phosphoric ester groups is 1. The van der Waals surface area contributed by atoms with Gasteiger partial charge in [0.2, 0.25) is 0 Å². The lowest BCUT2D eigenvalue weighted by Crippen LogP contribution is -2.43. The zero-order valence-electron chi connectivity index (χ0n) is 19.6. The molecule has 0 amide bonds. The molecule has 0 radical (unpaired) electrons. The first kappa shape index (κ1) is 26.8. The highest BCUT2D eigenvalue weighted by Crippen LogP contribution is 2.60. The van der Waals surface area contributed by atoms with Crippen LogP contribution in [0.1, 0.15) is 40.3 Å². The van der Waals surface area contributed by atoms with Crippen LogP contribution in [-0.2, 0) is 41.9 Å². The van der Waals surface area contributed by atoms with Crippen LogP contribution in [-0.4, -0.2) is 59.1 Å². The third-order valence-corrected chi connectivity index (χ3v) is 6.73. The monoisotopic (exact) mass is 514 g/mol. The summed E-state index contributed by atoms with van der Waals surface area (Å²) in [6.07, 6.45) is 2.27. The smallest absolute Gasteiger partial charge is 0.463 e. The van der Waals surface area contributed by atoms with Crippen molar-refractivity contribution in [3.63, 3.8) is 0 Å². The van der Waals surface area contributed by atoms with E-state index < -0.39 is 67.6 Å². The highest BCUT2D eigenvalue weighted by Gasteiger charge is 2.60. The fraction of sp³-hybridized carbons (Fsp3) is 0.619. The van der Waals surface area contributed by atoms with E-state index in [-0.39, 0.29) is 19.1 Å². The Morgan fingerprint density at radius 2 is 2.09 bits per heavy atom. The highest BCUT2D eigenvalue weighted by molar-refractivity contribution is 7.48. The Morgan fingerprint density at radius 3 is 2.69 bits per heavy atom. The second-order valence-electron chi connectivity index (χ2n) is 8.51. The second-order valence-corrected chi connectivity index (χ2v) is 10.1. The van der Waals surface area contributed by atoms with Gasteiger partial charge in [0.15, 0.2) is 6.23 Å². The van der Waals surface area contributed by atoms with Gasteiger partial charge < -0.3 is 14.2 Å². The number of fused-ring (bicyclic) bond motifs is 1. The number of carbonyl (C=O) groups is 2. The zero-order valence-corrected chi connectivity index (χ0v) is 20.5. The van der Waals surface area contributed by atoms with Crippen molar-refractivity contribution in [3.05, 3.63) is 33.1 Å². The summed E-state index contributed by atoms with van der Waals surface area (Å²) >= 11 is 0. The first-order valence-corrected chi connectivity index (χ1v) is 12.2. The second kappa shape index (κ2) is 10.5. The minimum absolute atomic E-state index is 0.249. The Hall–Kier alpha value is -2.75. The summed E-state index contributed by atoms with van der Waals surface area (Å²) in [5, 5.41) is 0. The molecule has 0 aliphatic carbocycles. The summed E-state index contributed by atoms with van der Waals surface area (Å²) in [4.78, 5) is 49.3. The van der Waals surface area contributed by atoms with Crippen molar-refractivity contribution in [2.75, 3.05) is 13.2 Å². The highest BCUT2D eigenvalue weighted by atomic mass is 31.2. The minimum Gasteiger partial charge on any atom is -0.463 e. The lowest BCUT2D eigenvalue weighted by atomic mass is 9.83. The van der Waals surface area contributed by atoms with Crippen LogP contribution in [0.15, 0.2) is 21.9 Å². The summed E-state index contributed by atoms with van der Waals surface area (Å²) < 4.78 is 46.6. The predicted octanol–water partition coefficient (Wildman–Crippen LogP) is 0.887. The lowest BCUT2D eigenvalue weighted by molar-refractivity contribution is -0.157. The molecule has 14 heteroatoms. The van der Waals surface area contributed by atoms with Crippen molar-refractivity contribution in [1.29, 1.82) is 0 Å². The Kier molecular flexibility index (Phi) is 8.03. The van der Waals surface area contributed by atoms with Gasteiger partial charge in [0.25, 0.3) is 5.56 Å². The van der Waals surface area contributed by atoms with Gasteiger partial charge in [0.05, 0.1) is 25.7 Å². The van der Waals surface area contributed by atoms with Crippen LogP contribution in [0.3, 0.4) is 0 Å². The first-order valence-electron chi connectivity index (χ1n) is 10.8. The van der Waals surface area contributed by atoms with Crippen molar-refractivity contribution >= 4 is 19.8 Å². The van der Waals surface area contributed by atoms with E-state index in [1.807, 2.05) is 0 Å². The van der Waals surface area contributed by atoms with Crippen LogP contribution >= 0.6 is 7.82 Å². The van der Waals surface area contributed by atoms with E-state index >= 15 is 0 Å². The molecular formula is C21H27N2O11P. The van der Waals surface area contributed by atoms with Crippen molar-refractivity contribution in [2.45, 2.75) is 64.8 Å². The van der Waals surface area contributed by atoms with Crippen LogP contribution in [0, 0.1) is 17.8 Å². The summed E-state index contributed by atoms with van der Waals surface area (Å²) in [5.41, 5.74) is -2.66. The number of hydrogen-bond donors (Lipinski definition) is 1. The van der Waals surface area contributed by atoms with Gasteiger partial charge in [0.1, 0.15) is 23.7 Å². The molecule has 3 heterocycles. The number of ether oxygens (including phenoxy) is 3. The molecule has 192 valence electrons. The molecule has 2 aliphatic rings. The number of nitrogens with zero attached hydrogens (tertiary/aromatic N) is 1. The van der Waals surface area contributed by atoms with Crippen molar-refractivity contribution in [1.82, 2.24) is 9.55 Å². The molecule has 2 fully saturated rings. The number of nitrogens with one attached hydrogen (secondary N) is 1. The molecule has 35 heavy (non-hydrogen) atoms. The van der Waals surface area contributed by atoms with Crippen molar-refractivity contribution in [3.8, 4) is 12.3 Å². The molecule has 3 rings (SSSR count). The van der Waals surface area contributed by atoms with Gasteiger partial charge >= 0.3 is 25.5 Å². The van der Waals surface area contributed by atoms with Crippen LogP contribution in [0.25, 0.3) is 0 Å². The van der Waals surface area contributed by atoms with Crippen LogP contribution < -0.4 is 11.2 Å². The number of esters is 2. The van der Waals surface area contributed by atoms with Gasteiger partial charge in [-0.25, -0.2) is 9.36 Å². The van der Waals surface area contributed by atoms with E-state index in [1.165, 1.54) is 6.20 Å². The molecule has 2 aliphatic heterocycles. The van der Waals surface area contributed by atoms with Crippen molar-refractivity contribution in [2.24, 2.45) is 5.41 Å². The zero-order chi connectivity index (χ0) is 26.0. The average Bonchev–Trinajstić information content (AvgIpc) is 3.03. The number of carbonyl (C=O) groups excluding carboxylic acids is 2. The number of rotatable bonds is 8. The average molecular weight is 514 g/mol. The topological polar surface area (TPSA) is 161 Å². The van der Waals surface area contributed by atoms with E-state index in [2.05, 4.69) is 10.9 Å². The molecule has 0 aromatic carbocycles. The largest absolute Gasteiger partial charge is 0.475 e. The number of H-pyrrole nitrogens is 1. The van der Waals surface area contributed by atoms with E-state index in [4.69, 9.17) is 34.2 Å². The predicted molar refractivity (Wildman–Crippen MR) is 118 cm³/mol. The number of aromatic amines is 1. The Labute approximate surface area is 200 Å². The number of phosphoric acid groups is 1. The van der Waals surface area contributed by atoms with E-state index in [0.717, 1.165) is 17.6 Å². The van der Waals surface area contributed by atoms with Gasteiger partial charge in [-0.1, -0.05) is 5.92 Å². The van der Waals surface area contributed by atoms with Crippen LogP contribution in [0.4, 0.5) is 0 Å². The maximum absolute atomic E-state index is 13.2. The number of aromatic nitrogens is 2. The Bertz CT molecular complexity index is 1170. The Balaban J connectivity index is 1.75. The maximum atomic E-state index is 13.2. The summed E-state index contributed by atoms with van der Waals surface area (Å²) in [6.45, 7) is 5.30. The van der Waals surface area contributed by atoms with Crippen molar-refractivity contribution < 1.29 is 41.9 Å². The van der Waals surface area contributed by atoms with Crippen LogP contribution in [0.2, 0.25) is 0 Å². The molecule has 0 saturated carbocycles. The molecule has 2 saturated heterocycles. The van der Waals surface area contributed by atoms with Gasteiger partial charge in [-0.15, -0.1) is 6.42 Å². The molecule has 6 atom stereocenters. The van der Waals surface area contributed by atoms with E-state index in [1.54, 1.807) is 20.8 Å². The number of terminal acetylenes is 1. The summed E-state index contributed by atoms with van der Waals surface area (Å²) in [5.74, 6) is 1.21. The van der Waals surface area contributed by atoms with Gasteiger partial charge in [-0.3, -0.25) is 37.5 Å². The quantitative estimate of drug-likeness (QED) is 0.298. The molecule has 0 unspecified atom stereocenters. The first-order chi connectivity index (χ1) is 16.4. The van der Waals surface area contributed by atoms with Gasteiger partial charge in [-0.2, -0.15) is 0 Å². The normalized spacial score (nSPS) is 30.8. The maximum Gasteiger partial charge on any atom is 0.475 e. The lowest BCUT2D eigenvalue weighted by Gasteiger charge is -2.35. The van der Waals surface area contributed by atoms with Gasteiger partial charge in [-0.05, 0) is 20.8 Å². The molecule has 1 aromatic rings. The minimum atomic E-state index is -4.25. The molecule has 13 nitrogen and oxygen atoms in total. The van der Waals surface area contributed by atoms with E-state index in [9.17, 15) is 23.7 Å². The fourth-order valence-corrected chi connectivity index (χ4v) is 5.28. The molecule has 1 aromatic heterocycles. The van der Waals surface area contributed by atoms with E-state index in [0.29, 0.717) is 0 Å². The SMILES string of the molecule is C#C[C@]1(C)[C@@H]2O[P@](=O)(OC[C@H](CC(=O)OC(C)C)OC(C)=O)OC[C@H]2O[C@H]1n1ccc(=O)[nH]c1=O. The standard InChI is InChI=1S/C21H27N2O11P/c1-6-21(5)18-15(33-19(21)23-8-7-16(25)22-20(23)27)11-30-35(28,34-18)29-10-14(32-13(4)24)9-17(26)31-12(2)3/h1,7-8,12,14-15,18-19H,9-11H2,2-5H3,(H,22,25,27)/t14-,15+,18+,19+,21+,35+/m0/s1. The molecule has 0 spiro atoms. The van der Waals surface area contributed by atoms with Crippen LogP contribution in [0.5, 0.6) is 0 Å². The molecule has 0 bridgehead atoms.